The van der Waals surface area contributed by atoms with Gasteiger partial charge >= 0.3 is 0 Å². The molecule has 0 aromatic carbocycles. The van der Waals surface area contributed by atoms with Crippen LogP contribution in [-0.2, 0) is 11.3 Å². The number of halogens is 1. The van der Waals surface area contributed by atoms with Gasteiger partial charge < -0.3 is 15.4 Å². The van der Waals surface area contributed by atoms with E-state index in [1.165, 1.54) is 11.3 Å². The molecule has 1 aromatic heterocycles. The van der Waals surface area contributed by atoms with E-state index in [4.69, 9.17) is 4.74 Å². The number of hydrogen-bond donors (Lipinski definition) is 2. The second kappa shape index (κ2) is 12.1. The zero-order chi connectivity index (χ0) is 18.2. The number of thiazole rings is 1. The first kappa shape index (κ1) is 23.6. The molecular weight excluding hydrogens is 461 g/mol. The summed E-state index contributed by atoms with van der Waals surface area (Å²) in [5.41, 5.74) is 1.11. The molecule has 0 aliphatic carbocycles. The number of ether oxygens (including phenoxy) is 1. The highest BCUT2D eigenvalue weighted by Gasteiger charge is 2.22. The molecule has 0 saturated carbocycles. The molecule has 1 saturated heterocycles. The van der Waals surface area contributed by atoms with Gasteiger partial charge in [0.15, 0.2) is 5.96 Å². The lowest BCUT2D eigenvalue weighted by Crippen LogP contribution is -2.50. The van der Waals surface area contributed by atoms with E-state index in [1.807, 2.05) is 14.0 Å². The van der Waals surface area contributed by atoms with Crippen molar-refractivity contribution in [3.63, 3.8) is 0 Å². The molecule has 1 aliphatic heterocycles. The Bertz CT molecular complexity index is 558. The fourth-order valence-electron chi connectivity index (χ4n) is 3.18. The van der Waals surface area contributed by atoms with Crippen molar-refractivity contribution in [2.75, 3.05) is 39.9 Å². The Morgan fingerprint density at radius 3 is 2.50 bits per heavy atom. The maximum Gasteiger partial charge on any atom is 0.191 e. The van der Waals surface area contributed by atoms with Crippen LogP contribution in [0.2, 0.25) is 0 Å². The van der Waals surface area contributed by atoms with Crippen LogP contribution in [0.4, 0.5) is 0 Å². The molecule has 1 atom stereocenters. The van der Waals surface area contributed by atoms with Gasteiger partial charge in [0.05, 0.1) is 30.5 Å². The maximum absolute atomic E-state index is 5.50. The van der Waals surface area contributed by atoms with Crippen molar-refractivity contribution in [1.82, 2.24) is 20.5 Å². The van der Waals surface area contributed by atoms with Crippen molar-refractivity contribution >= 4 is 41.3 Å². The molecule has 1 unspecified atom stereocenters. The minimum absolute atomic E-state index is 0. The van der Waals surface area contributed by atoms with Crippen molar-refractivity contribution in [2.45, 2.75) is 46.7 Å². The van der Waals surface area contributed by atoms with Gasteiger partial charge in [-0.2, -0.15) is 0 Å². The van der Waals surface area contributed by atoms with Crippen LogP contribution in [0.5, 0.6) is 0 Å². The first-order valence-electron chi connectivity index (χ1n) is 9.18. The summed E-state index contributed by atoms with van der Waals surface area (Å²) in [5, 5.41) is 8.04. The summed E-state index contributed by atoms with van der Waals surface area (Å²) in [6.45, 7) is 14.1. The molecule has 2 heterocycles. The second-order valence-corrected chi connectivity index (χ2v) is 8.27. The molecule has 0 spiro atoms. The van der Waals surface area contributed by atoms with Gasteiger partial charge in [0.2, 0.25) is 0 Å². The Balaban J connectivity index is 0.00000338. The predicted octanol–water partition coefficient (Wildman–Crippen LogP) is 2.79. The number of aromatic nitrogens is 1. The standard InChI is InChI=1S/C18H33N5OS.HI/c1-13(2)10-16(23-6-8-24-9-7-23)11-20-18(19-5)21-12-17-14(3)22-15(4)25-17;/h13,16H,6-12H2,1-5H3,(H2,19,20,21);1H. The average molecular weight is 495 g/mol. The van der Waals surface area contributed by atoms with E-state index in [0.717, 1.165) is 56.1 Å². The number of guanidine groups is 1. The number of aryl methyl sites for hydroxylation is 2. The molecule has 6 nitrogen and oxygen atoms in total. The van der Waals surface area contributed by atoms with Crippen LogP contribution in [0, 0.1) is 19.8 Å². The van der Waals surface area contributed by atoms with Gasteiger partial charge in [0.25, 0.3) is 0 Å². The fraction of sp³-hybridized carbons (Fsp3) is 0.778. The Hall–Kier alpha value is -0.450. The normalized spacial score (nSPS) is 17.1. The van der Waals surface area contributed by atoms with Crippen LogP contribution in [0.1, 0.15) is 35.8 Å². The van der Waals surface area contributed by atoms with Crippen molar-refractivity contribution in [2.24, 2.45) is 10.9 Å². The molecule has 1 fully saturated rings. The summed E-state index contributed by atoms with van der Waals surface area (Å²) < 4.78 is 5.50. The summed E-state index contributed by atoms with van der Waals surface area (Å²) in [6.07, 6.45) is 1.18. The summed E-state index contributed by atoms with van der Waals surface area (Å²) in [7, 11) is 1.83. The molecule has 2 rings (SSSR count). The SMILES string of the molecule is CN=C(NCc1sc(C)nc1C)NCC(CC(C)C)N1CCOCC1.I. The van der Waals surface area contributed by atoms with Gasteiger partial charge in [0.1, 0.15) is 0 Å². The van der Waals surface area contributed by atoms with Crippen LogP contribution < -0.4 is 10.6 Å². The van der Waals surface area contributed by atoms with E-state index >= 15 is 0 Å². The number of morpholine rings is 1. The average Bonchev–Trinajstić information content (AvgIpc) is 2.91. The minimum atomic E-state index is 0. The van der Waals surface area contributed by atoms with Crippen LogP contribution in [0.25, 0.3) is 0 Å². The summed E-state index contributed by atoms with van der Waals surface area (Å²) in [4.78, 5) is 12.7. The molecule has 0 amide bonds. The van der Waals surface area contributed by atoms with Crippen LogP contribution in [0.3, 0.4) is 0 Å². The third kappa shape index (κ3) is 7.66. The molecule has 0 radical (unpaired) electrons. The molecule has 8 heteroatoms. The number of aliphatic imine (C=N–C) groups is 1. The van der Waals surface area contributed by atoms with E-state index in [1.54, 1.807) is 11.3 Å². The molecule has 26 heavy (non-hydrogen) atoms. The molecule has 150 valence electrons. The molecule has 0 bridgehead atoms. The first-order chi connectivity index (χ1) is 12.0. The molecule has 1 aliphatic rings. The smallest absolute Gasteiger partial charge is 0.191 e. The van der Waals surface area contributed by atoms with Crippen molar-refractivity contribution in [1.29, 1.82) is 0 Å². The Morgan fingerprint density at radius 2 is 1.96 bits per heavy atom. The van der Waals surface area contributed by atoms with E-state index < -0.39 is 0 Å². The topological polar surface area (TPSA) is 61.8 Å². The molecule has 1 aromatic rings. The van der Waals surface area contributed by atoms with Gasteiger partial charge in [-0.05, 0) is 26.2 Å². The molecule has 2 N–H and O–H groups in total. The number of nitrogens with zero attached hydrogens (tertiary/aromatic N) is 3. The van der Waals surface area contributed by atoms with E-state index in [2.05, 4.69) is 46.3 Å². The van der Waals surface area contributed by atoms with Crippen LogP contribution in [0.15, 0.2) is 4.99 Å². The lowest BCUT2D eigenvalue weighted by Gasteiger charge is -2.35. The highest BCUT2D eigenvalue weighted by Crippen LogP contribution is 2.16. The number of nitrogens with one attached hydrogen (secondary N) is 2. The van der Waals surface area contributed by atoms with Crippen molar-refractivity contribution in [3.8, 4) is 0 Å². The summed E-state index contributed by atoms with van der Waals surface area (Å²) in [5.74, 6) is 1.53. The van der Waals surface area contributed by atoms with Gasteiger partial charge in [-0.15, -0.1) is 35.3 Å². The third-order valence-corrected chi connectivity index (χ3v) is 5.52. The fourth-order valence-corrected chi connectivity index (χ4v) is 4.06. The van der Waals surface area contributed by atoms with E-state index in [9.17, 15) is 0 Å². The Labute approximate surface area is 179 Å². The quantitative estimate of drug-likeness (QED) is 0.346. The van der Waals surface area contributed by atoms with Crippen molar-refractivity contribution < 1.29 is 4.74 Å². The van der Waals surface area contributed by atoms with Crippen LogP contribution in [-0.4, -0.2) is 61.8 Å². The van der Waals surface area contributed by atoms with Crippen molar-refractivity contribution in [3.05, 3.63) is 15.6 Å². The lowest BCUT2D eigenvalue weighted by atomic mass is 10.0. The Kier molecular flexibility index (Phi) is 11.0. The number of hydrogen-bond acceptors (Lipinski definition) is 5. The zero-order valence-corrected chi connectivity index (χ0v) is 19.8. The maximum atomic E-state index is 5.50. The number of rotatable bonds is 7. The Morgan fingerprint density at radius 1 is 1.27 bits per heavy atom. The third-order valence-electron chi connectivity index (χ3n) is 4.45. The lowest BCUT2D eigenvalue weighted by molar-refractivity contribution is 0.0132. The second-order valence-electron chi connectivity index (χ2n) is 6.98. The van der Waals surface area contributed by atoms with Crippen LogP contribution >= 0.6 is 35.3 Å². The highest BCUT2D eigenvalue weighted by molar-refractivity contribution is 14.0. The summed E-state index contributed by atoms with van der Waals surface area (Å²) >= 11 is 1.74. The zero-order valence-electron chi connectivity index (χ0n) is 16.7. The minimum Gasteiger partial charge on any atom is -0.379 e. The monoisotopic (exact) mass is 495 g/mol. The van der Waals surface area contributed by atoms with Gasteiger partial charge in [-0.1, -0.05) is 13.8 Å². The van der Waals surface area contributed by atoms with E-state index in [-0.39, 0.29) is 24.0 Å². The van der Waals surface area contributed by atoms with Gasteiger partial charge in [-0.25, -0.2) is 4.98 Å². The summed E-state index contributed by atoms with van der Waals surface area (Å²) in [6, 6.07) is 0.509. The molecular formula is C18H34IN5OS. The van der Waals surface area contributed by atoms with E-state index in [0.29, 0.717) is 12.0 Å². The van der Waals surface area contributed by atoms with Gasteiger partial charge in [-0.3, -0.25) is 9.89 Å². The first-order valence-corrected chi connectivity index (χ1v) is 10.0. The largest absolute Gasteiger partial charge is 0.379 e. The predicted molar refractivity (Wildman–Crippen MR) is 121 cm³/mol. The van der Waals surface area contributed by atoms with Gasteiger partial charge in [0, 0.05) is 37.6 Å². The highest BCUT2D eigenvalue weighted by atomic mass is 127.